The third-order valence-electron chi connectivity index (χ3n) is 3.62. The Balaban J connectivity index is 1.59. The van der Waals surface area contributed by atoms with Crippen molar-refractivity contribution < 1.29 is 9.59 Å². The van der Waals surface area contributed by atoms with Crippen molar-refractivity contribution in [3.8, 4) is 11.1 Å². The lowest BCUT2D eigenvalue weighted by Crippen LogP contribution is -2.42. The Bertz CT molecular complexity index is 696. The summed E-state index contributed by atoms with van der Waals surface area (Å²) in [5, 5.41) is 8.14. The van der Waals surface area contributed by atoms with E-state index >= 15 is 0 Å². The summed E-state index contributed by atoms with van der Waals surface area (Å²) < 4.78 is 0. The predicted molar refractivity (Wildman–Crippen MR) is 90.1 cm³/mol. The minimum Gasteiger partial charge on any atom is -0.376 e. The monoisotopic (exact) mass is 309 g/mol. The summed E-state index contributed by atoms with van der Waals surface area (Å²) >= 11 is 0. The normalized spacial score (nSPS) is 13.2. The van der Waals surface area contributed by atoms with Crippen LogP contribution in [0, 0.1) is 0 Å². The van der Waals surface area contributed by atoms with E-state index in [2.05, 4.69) is 16.0 Å². The summed E-state index contributed by atoms with van der Waals surface area (Å²) in [5.74, 6) is -0.356. The highest BCUT2D eigenvalue weighted by Gasteiger charge is 2.23. The van der Waals surface area contributed by atoms with Crippen molar-refractivity contribution in [3.63, 3.8) is 0 Å². The van der Waals surface area contributed by atoms with Crippen LogP contribution in [0.2, 0.25) is 0 Å². The highest BCUT2D eigenvalue weighted by molar-refractivity contribution is 5.96. The van der Waals surface area contributed by atoms with Crippen LogP contribution >= 0.6 is 0 Å². The van der Waals surface area contributed by atoms with Gasteiger partial charge in [0.1, 0.15) is 0 Å². The molecule has 23 heavy (non-hydrogen) atoms. The highest BCUT2D eigenvalue weighted by atomic mass is 16.2. The molecule has 0 spiro atoms. The van der Waals surface area contributed by atoms with Gasteiger partial charge in [-0.25, -0.2) is 4.79 Å². The second-order valence-corrected chi connectivity index (χ2v) is 5.56. The van der Waals surface area contributed by atoms with Crippen molar-refractivity contribution >= 4 is 17.6 Å². The zero-order chi connectivity index (χ0) is 16.1. The average molecular weight is 309 g/mol. The molecular weight excluding hydrogens is 290 g/mol. The minimum absolute atomic E-state index is 0.0436. The maximum atomic E-state index is 11.8. The smallest absolute Gasteiger partial charge is 0.321 e. The molecule has 0 radical (unpaired) electrons. The number of benzene rings is 2. The number of imide groups is 1. The number of carbonyl (C=O) groups is 2. The van der Waals surface area contributed by atoms with Crippen LogP contribution in [0.4, 0.5) is 10.5 Å². The van der Waals surface area contributed by atoms with Crippen molar-refractivity contribution in [2.75, 3.05) is 11.9 Å². The number of carbonyl (C=O) groups excluding carboxylic acids is 2. The Morgan fingerprint density at radius 2 is 1.65 bits per heavy atom. The Hall–Kier alpha value is -2.82. The molecule has 0 bridgehead atoms. The van der Waals surface area contributed by atoms with Crippen LogP contribution in [0.15, 0.2) is 54.6 Å². The van der Waals surface area contributed by atoms with E-state index in [1.165, 1.54) is 0 Å². The van der Waals surface area contributed by atoms with Gasteiger partial charge >= 0.3 is 6.03 Å². The fourth-order valence-corrected chi connectivity index (χ4v) is 2.30. The van der Waals surface area contributed by atoms with Crippen LogP contribution in [-0.2, 0) is 4.79 Å². The lowest BCUT2D eigenvalue weighted by molar-refractivity contribution is -0.118. The Labute approximate surface area is 135 Å². The van der Waals surface area contributed by atoms with Gasteiger partial charge in [-0.2, -0.15) is 0 Å². The van der Waals surface area contributed by atoms with Gasteiger partial charge in [0, 0.05) is 17.3 Å². The van der Waals surface area contributed by atoms with Crippen LogP contribution in [-0.4, -0.2) is 24.5 Å². The van der Waals surface area contributed by atoms with Crippen molar-refractivity contribution in [1.29, 1.82) is 0 Å². The third kappa shape index (κ3) is 4.32. The molecule has 5 nitrogen and oxygen atoms in total. The van der Waals surface area contributed by atoms with E-state index in [-0.39, 0.29) is 18.5 Å². The van der Waals surface area contributed by atoms with E-state index < -0.39 is 6.03 Å². The Morgan fingerprint density at radius 3 is 2.39 bits per heavy atom. The maximum Gasteiger partial charge on any atom is 0.321 e. The van der Waals surface area contributed by atoms with Gasteiger partial charge in [-0.15, -0.1) is 0 Å². The molecule has 0 unspecified atom stereocenters. The van der Waals surface area contributed by atoms with Gasteiger partial charge in [0.15, 0.2) is 0 Å². The van der Waals surface area contributed by atoms with E-state index in [9.17, 15) is 9.59 Å². The molecule has 0 saturated heterocycles. The van der Waals surface area contributed by atoms with Crippen LogP contribution < -0.4 is 16.0 Å². The molecule has 0 heterocycles. The molecule has 1 aliphatic rings. The number of urea groups is 1. The van der Waals surface area contributed by atoms with Gasteiger partial charge in [0.05, 0.1) is 6.54 Å². The first-order valence-corrected chi connectivity index (χ1v) is 7.71. The summed E-state index contributed by atoms with van der Waals surface area (Å²) in [6.07, 6.45) is 1.98. The summed E-state index contributed by atoms with van der Waals surface area (Å²) in [7, 11) is 0. The van der Waals surface area contributed by atoms with E-state index in [1.807, 2.05) is 54.6 Å². The summed E-state index contributed by atoms with van der Waals surface area (Å²) in [6.45, 7) is 0.0436. The third-order valence-corrected chi connectivity index (χ3v) is 3.62. The molecular formula is C18H19N3O2. The fraction of sp³-hybridized carbons (Fsp3) is 0.222. The molecule has 0 aliphatic heterocycles. The van der Waals surface area contributed by atoms with Crippen LogP contribution in [0.5, 0.6) is 0 Å². The molecule has 1 saturated carbocycles. The number of rotatable bonds is 5. The van der Waals surface area contributed by atoms with Crippen molar-refractivity contribution in [1.82, 2.24) is 10.6 Å². The van der Waals surface area contributed by atoms with Gasteiger partial charge in [0.25, 0.3) is 0 Å². The molecule has 2 aromatic rings. The number of hydrogen-bond donors (Lipinski definition) is 3. The van der Waals surface area contributed by atoms with Crippen LogP contribution in [0.1, 0.15) is 12.8 Å². The molecule has 5 heteroatoms. The van der Waals surface area contributed by atoms with Crippen molar-refractivity contribution in [3.05, 3.63) is 54.6 Å². The van der Waals surface area contributed by atoms with Gasteiger partial charge < -0.3 is 10.6 Å². The molecule has 1 fully saturated rings. The standard InChI is InChI=1S/C18H19N3O2/c22-17(21-18(23)20-14-10-11-14)12-19-16-9-5-4-8-15(16)13-6-2-1-3-7-13/h1-9,14,19H,10-12H2,(H2,20,21,22,23). The molecule has 0 aromatic heterocycles. The van der Waals surface area contributed by atoms with Crippen molar-refractivity contribution in [2.45, 2.75) is 18.9 Å². The van der Waals surface area contributed by atoms with E-state index in [1.54, 1.807) is 0 Å². The number of nitrogens with one attached hydrogen (secondary N) is 3. The first-order valence-electron chi connectivity index (χ1n) is 7.71. The number of amides is 3. The first kappa shape index (κ1) is 15.1. The lowest BCUT2D eigenvalue weighted by Gasteiger charge is -2.12. The fourth-order valence-electron chi connectivity index (χ4n) is 2.30. The topological polar surface area (TPSA) is 70.2 Å². The summed E-state index contributed by atoms with van der Waals surface area (Å²) in [5.41, 5.74) is 2.95. The average Bonchev–Trinajstić information content (AvgIpc) is 3.38. The zero-order valence-corrected chi connectivity index (χ0v) is 12.7. The minimum atomic E-state index is -0.421. The lowest BCUT2D eigenvalue weighted by atomic mass is 10.0. The second-order valence-electron chi connectivity index (χ2n) is 5.56. The first-order chi connectivity index (χ1) is 11.2. The Morgan fingerprint density at radius 1 is 0.957 bits per heavy atom. The summed E-state index contributed by atoms with van der Waals surface area (Å²) in [6, 6.07) is 17.5. The Kier molecular flexibility index (Phi) is 4.57. The van der Waals surface area contributed by atoms with E-state index in [4.69, 9.17) is 0 Å². The molecule has 3 rings (SSSR count). The van der Waals surface area contributed by atoms with Gasteiger partial charge in [-0.3, -0.25) is 10.1 Å². The SMILES string of the molecule is O=C(CNc1ccccc1-c1ccccc1)NC(=O)NC1CC1. The maximum absolute atomic E-state index is 11.8. The number of hydrogen-bond acceptors (Lipinski definition) is 3. The molecule has 3 amide bonds. The number of anilines is 1. The number of para-hydroxylation sites is 1. The molecule has 1 aliphatic carbocycles. The predicted octanol–water partition coefficient (Wildman–Crippen LogP) is 2.75. The van der Waals surface area contributed by atoms with Crippen molar-refractivity contribution in [2.24, 2.45) is 0 Å². The largest absolute Gasteiger partial charge is 0.376 e. The van der Waals surface area contributed by atoms with E-state index in [0.29, 0.717) is 0 Å². The van der Waals surface area contributed by atoms with Crippen LogP contribution in [0.3, 0.4) is 0 Å². The van der Waals surface area contributed by atoms with Gasteiger partial charge in [-0.1, -0.05) is 48.5 Å². The quantitative estimate of drug-likeness (QED) is 0.795. The molecule has 0 atom stereocenters. The summed E-state index contributed by atoms with van der Waals surface area (Å²) in [4.78, 5) is 23.4. The van der Waals surface area contributed by atoms with Gasteiger partial charge in [0.2, 0.25) is 5.91 Å². The van der Waals surface area contributed by atoms with E-state index in [0.717, 1.165) is 29.7 Å². The van der Waals surface area contributed by atoms with Crippen LogP contribution in [0.25, 0.3) is 11.1 Å². The zero-order valence-electron chi connectivity index (χ0n) is 12.7. The highest BCUT2D eigenvalue weighted by Crippen LogP contribution is 2.27. The molecule has 2 aromatic carbocycles. The molecule has 3 N–H and O–H groups in total. The molecule has 118 valence electrons. The second kappa shape index (κ2) is 6.96. The van der Waals surface area contributed by atoms with Gasteiger partial charge in [-0.05, 0) is 24.5 Å².